The Kier molecular flexibility index (Phi) is 12.4. The molecule has 2 unspecified atom stereocenters. The SMILES string of the molecule is CP(=O)([O-])On1ccnc1.CP(=O)([O-])On1ccnc1.[Na+].[Na+]. The van der Waals surface area contributed by atoms with Gasteiger partial charge in [0.25, 0.3) is 0 Å². The summed E-state index contributed by atoms with van der Waals surface area (Å²) >= 11 is 0. The normalized spacial score (nSPS) is 14.7. The van der Waals surface area contributed by atoms with Crippen LogP contribution in [0.3, 0.4) is 0 Å². The van der Waals surface area contributed by atoms with Gasteiger partial charge in [0.05, 0.1) is 12.4 Å². The molecule has 2 atom stereocenters. The van der Waals surface area contributed by atoms with Crippen LogP contribution >= 0.6 is 15.2 Å². The summed E-state index contributed by atoms with van der Waals surface area (Å²) in [5, 5.41) is 0. The van der Waals surface area contributed by atoms with Gasteiger partial charge in [-0.1, -0.05) is 0 Å². The maximum atomic E-state index is 10.5. The molecule has 0 aliphatic rings. The molecule has 0 spiro atoms. The van der Waals surface area contributed by atoms with E-state index in [2.05, 4.69) is 19.2 Å². The summed E-state index contributed by atoms with van der Waals surface area (Å²) in [4.78, 5) is 28.1. The molecule has 2 aromatic rings. The smallest absolute Gasteiger partial charge is 0.767 e. The minimum absolute atomic E-state index is 0. The van der Waals surface area contributed by atoms with Gasteiger partial charge in [0, 0.05) is 25.7 Å². The molecule has 0 fully saturated rings. The molecule has 0 amide bonds. The molecule has 0 saturated heterocycles. The van der Waals surface area contributed by atoms with Crippen molar-refractivity contribution in [3.8, 4) is 0 Å². The molecule has 2 heterocycles. The van der Waals surface area contributed by atoms with E-state index in [1.807, 2.05) is 0 Å². The van der Waals surface area contributed by atoms with Crippen molar-refractivity contribution in [2.24, 2.45) is 0 Å². The Balaban J connectivity index is 0. The fourth-order valence-electron chi connectivity index (χ4n) is 0.933. The zero-order valence-corrected chi connectivity index (χ0v) is 18.4. The van der Waals surface area contributed by atoms with Gasteiger partial charge in [0.1, 0.15) is 12.7 Å². The minimum atomic E-state index is -3.68. The van der Waals surface area contributed by atoms with Crippen LogP contribution in [-0.4, -0.2) is 32.8 Å². The molecule has 0 aromatic carbocycles. The molecule has 0 aliphatic heterocycles. The molecule has 0 bridgehead atoms. The Hall–Kier alpha value is 0.400. The molecule has 0 N–H and O–H groups in total. The van der Waals surface area contributed by atoms with Crippen LogP contribution < -0.4 is 78.2 Å². The monoisotopic (exact) mass is 368 g/mol. The third kappa shape index (κ3) is 12.9. The first-order valence-electron chi connectivity index (χ1n) is 5.09. The summed E-state index contributed by atoms with van der Waals surface area (Å²) < 4.78 is 31.7. The first kappa shape index (κ1) is 24.6. The number of imidazole rings is 2. The summed E-state index contributed by atoms with van der Waals surface area (Å²) in [7, 11) is -7.36. The van der Waals surface area contributed by atoms with E-state index in [0.29, 0.717) is 0 Å². The van der Waals surface area contributed by atoms with Crippen molar-refractivity contribution in [3.63, 3.8) is 0 Å². The number of hydrogen-bond donors (Lipinski definition) is 0. The van der Waals surface area contributed by atoms with E-state index in [-0.39, 0.29) is 59.1 Å². The molecule has 0 radical (unpaired) electrons. The van der Waals surface area contributed by atoms with E-state index in [1.54, 1.807) is 0 Å². The van der Waals surface area contributed by atoms with Gasteiger partial charge in [-0.2, -0.15) is 9.46 Å². The number of rotatable bonds is 4. The van der Waals surface area contributed by atoms with E-state index < -0.39 is 15.2 Å². The van der Waals surface area contributed by atoms with Crippen molar-refractivity contribution >= 4 is 15.2 Å². The van der Waals surface area contributed by atoms with Crippen molar-refractivity contribution in [1.29, 1.82) is 0 Å². The molecule has 112 valence electrons. The zero-order valence-electron chi connectivity index (χ0n) is 12.6. The van der Waals surface area contributed by atoms with Crippen LogP contribution in [0.1, 0.15) is 0 Å². The topological polar surface area (TPSA) is 134 Å². The molecular formula is C8H12N4Na2O6P2. The summed E-state index contributed by atoms with van der Waals surface area (Å²) in [6.45, 7) is 1.99. The van der Waals surface area contributed by atoms with E-state index in [4.69, 9.17) is 0 Å². The van der Waals surface area contributed by atoms with Crippen LogP contribution in [0.5, 0.6) is 0 Å². The third-order valence-electron chi connectivity index (χ3n) is 1.45. The largest absolute Gasteiger partial charge is 1.00 e. The summed E-state index contributed by atoms with van der Waals surface area (Å²) in [5.74, 6) is 0. The van der Waals surface area contributed by atoms with Crippen molar-refractivity contribution in [2.75, 3.05) is 13.3 Å². The number of aromatic nitrogens is 4. The second-order valence-electron chi connectivity index (χ2n) is 3.55. The van der Waals surface area contributed by atoms with Gasteiger partial charge >= 0.3 is 59.1 Å². The van der Waals surface area contributed by atoms with Crippen LogP contribution in [-0.2, 0) is 9.13 Å². The first-order chi connectivity index (χ1) is 9.16. The van der Waals surface area contributed by atoms with Gasteiger partial charge in [-0.15, -0.1) is 0 Å². The van der Waals surface area contributed by atoms with E-state index in [0.717, 1.165) is 22.8 Å². The Bertz CT molecular complexity index is 542. The molecule has 14 heteroatoms. The average molecular weight is 368 g/mol. The minimum Gasteiger partial charge on any atom is -0.767 e. The first-order valence-corrected chi connectivity index (χ1v) is 9.07. The Labute approximate surface area is 171 Å². The second-order valence-corrected chi connectivity index (χ2v) is 6.96. The van der Waals surface area contributed by atoms with Crippen LogP contribution in [0.2, 0.25) is 0 Å². The molecule has 0 aliphatic carbocycles. The van der Waals surface area contributed by atoms with E-state index in [9.17, 15) is 18.9 Å². The molecular weight excluding hydrogens is 356 g/mol. The summed E-state index contributed by atoms with van der Waals surface area (Å²) in [5.41, 5.74) is 0. The van der Waals surface area contributed by atoms with Crippen molar-refractivity contribution in [1.82, 2.24) is 19.4 Å². The van der Waals surface area contributed by atoms with Crippen LogP contribution in [0.25, 0.3) is 0 Å². The van der Waals surface area contributed by atoms with Gasteiger partial charge in [0.15, 0.2) is 0 Å². The van der Waals surface area contributed by atoms with Gasteiger partial charge in [-0.25, -0.2) is 9.97 Å². The maximum Gasteiger partial charge on any atom is 1.00 e. The van der Waals surface area contributed by atoms with Crippen molar-refractivity contribution in [3.05, 3.63) is 37.4 Å². The predicted octanol–water partition coefficient (Wildman–Crippen LogP) is -7.00. The Morgan fingerprint density at radius 1 is 0.864 bits per heavy atom. The standard InChI is InChI=1S/2C4H7N2O3P.2Na/c2*1-10(7,8)9-6-3-2-5-4-6;;/h2*2-4H,1H3,(H,7,8);;/q;;2*+1/p-2. The molecule has 22 heavy (non-hydrogen) atoms. The fraction of sp³-hybridized carbons (Fsp3) is 0.250. The quantitative estimate of drug-likeness (QED) is 0.384. The third-order valence-corrected chi connectivity index (χ3v) is 2.42. The fourth-order valence-corrected chi connectivity index (χ4v) is 1.81. The molecule has 0 saturated carbocycles. The number of nitrogens with zero attached hydrogens (tertiary/aromatic N) is 4. The molecule has 2 rings (SSSR count). The maximum absolute atomic E-state index is 10.5. The van der Waals surface area contributed by atoms with Gasteiger partial charge in [-0.05, 0) is 0 Å². The predicted molar refractivity (Wildman–Crippen MR) is 64.7 cm³/mol. The molecule has 2 aromatic heterocycles. The number of hydrogen-bond acceptors (Lipinski definition) is 8. The summed E-state index contributed by atoms with van der Waals surface area (Å²) in [6.07, 6.45) is 8.16. The Morgan fingerprint density at radius 2 is 1.18 bits per heavy atom. The van der Waals surface area contributed by atoms with Crippen molar-refractivity contribution < 1.29 is 87.3 Å². The molecule has 10 nitrogen and oxygen atoms in total. The Morgan fingerprint density at radius 3 is 1.36 bits per heavy atom. The van der Waals surface area contributed by atoms with E-state index in [1.165, 1.54) is 37.4 Å². The second kappa shape index (κ2) is 11.0. The van der Waals surface area contributed by atoms with Crippen LogP contribution in [0.15, 0.2) is 37.4 Å². The van der Waals surface area contributed by atoms with Gasteiger partial charge < -0.3 is 19.0 Å². The van der Waals surface area contributed by atoms with Crippen LogP contribution in [0.4, 0.5) is 0 Å². The van der Waals surface area contributed by atoms with Crippen molar-refractivity contribution in [2.45, 2.75) is 0 Å². The zero-order chi connectivity index (χ0) is 15.2. The van der Waals surface area contributed by atoms with Gasteiger partial charge in [0.2, 0.25) is 15.2 Å². The van der Waals surface area contributed by atoms with E-state index >= 15 is 0 Å². The average Bonchev–Trinajstić information content (AvgIpc) is 2.87. The van der Waals surface area contributed by atoms with Crippen LogP contribution in [0, 0.1) is 0 Å². The summed E-state index contributed by atoms with van der Waals surface area (Å²) in [6, 6.07) is 0. The van der Waals surface area contributed by atoms with Gasteiger partial charge in [-0.3, -0.25) is 9.13 Å².